The summed E-state index contributed by atoms with van der Waals surface area (Å²) in [5.74, 6) is -0.235. The molecule has 0 aliphatic carbocycles. The SMILES string of the molecule is C/C(=N\NC(=O)c1ccc(Br)cc1)c1ccncc1. The van der Waals surface area contributed by atoms with Gasteiger partial charge in [0.05, 0.1) is 5.71 Å². The topological polar surface area (TPSA) is 54.4 Å². The van der Waals surface area contributed by atoms with E-state index in [0.717, 1.165) is 15.7 Å². The molecular weight excluding hydrogens is 306 g/mol. The monoisotopic (exact) mass is 317 g/mol. The summed E-state index contributed by atoms with van der Waals surface area (Å²) in [5.41, 5.74) is 4.75. The van der Waals surface area contributed by atoms with Crippen LogP contribution in [0.15, 0.2) is 58.4 Å². The zero-order chi connectivity index (χ0) is 13.7. The lowest BCUT2D eigenvalue weighted by Gasteiger charge is -2.03. The smallest absolute Gasteiger partial charge is 0.267 e. The second-order valence-corrected chi connectivity index (χ2v) is 4.80. The van der Waals surface area contributed by atoms with Gasteiger partial charge in [0.1, 0.15) is 0 Å². The summed E-state index contributed by atoms with van der Waals surface area (Å²) < 4.78 is 0.931. The van der Waals surface area contributed by atoms with Gasteiger partial charge in [-0.25, -0.2) is 5.43 Å². The fourth-order valence-electron chi connectivity index (χ4n) is 1.46. The lowest BCUT2D eigenvalue weighted by Crippen LogP contribution is -2.19. The molecule has 0 radical (unpaired) electrons. The standard InChI is InChI=1S/C14H12BrN3O/c1-10(11-6-8-16-9-7-11)17-18-14(19)12-2-4-13(15)5-3-12/h2-9H,1H3,(H,18,19)/b17-10+. The van der Waals surface area contributed by atoms with E-state index < -0.39 is 0 Å². The Hall–Kier alpha value is -2.01. The Morgan fingerprint density at radius 1 is 1.11 bits per heavy atom. The van der Waals surface area contributed by atoms with Crippen molar-refractivity contribution in [2.75, 3.05) is 0 Å². The average Bonchev–Trinajstić information content (AvgIpc) is 2.46. The van der Waals surface area contributed by atoms with E-state index in [9.17, 15) is 4.79 Å². The first-order valence-electron chi connectivity index (χ1n) is 5.67. The van der Waals surface area contributed by atoms with Crippen molar-refractivity contribution in [3.05, 3.63) is 64.4 Å². The Bertz CT molecular complexity index is 594. The lowest BCUT2D eigenvalue weighted by atomic mass is 10.2. The average molecular weight is 318 g/mol. The lowest BCUT2D eigenvalue weighted by molar-refractivity contribution is 0.0955. The van der Waals surface area contributed by atoms with E-state index in [1.165, 1.54) is 0 Å². The van der Waals surface area contributed by atoms with Crippen LogP contribution in [0.25, 0.3) is 0 Å². The zero-order valence-electron chi connectivity index (χ0n) is 10.3. The van der Waals surface area contributed by atoms with Gasteiger partial charge in [-0.3, -0.25) is 9.78 Å². The second kappa shape index (κ2) is 6.24. The Labute approximate surface area is 119 Å². The molecule has 2 aromatic rings. The van der Waals surface area contributed by atoms with Gasteiger partial charge in [0, 0.05) is 28.0 Å². The first kappa shape index (κ1) is 13.4. The Kier molecular flexibility index (Phi) is 4.41. The molecule has 1 N–H and O–H groups in total. The number of amides is 1. The number of hydrogen-bond donors (Lipinski definition) is 1. The van der Waals surface area contributed by atoms with Gasteiger partial charge in [-0.2, -0.15) is 5.10 Å². The van der Waals surface area contributed by atoms with Crippen LogP contribution in [0.1, 0.15) is 22.8 Å². The minimum atomic E-state index is -0.235. The largest absolute Gasteiger partial charge is 0.271 e. The van der Waals surface area contributed by atoms with Crippen LogP contribution in [0, 0.1) is 0 Å². The maximum absolute atomic E-state index is 11.8. The quantitative estimate of drug-likeness (QED) is 0.699. The predicted octanol–water partition coefficient (Wildman–Crippen LogP) is 3.00. The molecule has 0 unspecified atom stereocenters. The van der Waals surface area contributed by atoms with Crippen LogP contribution in [-0.2, 0) is 0 Å². The highest BCUT2D eigenvalue weighted by molar-refractivity contribution is 9.10. The molecule has 0 fully saturated rings. The molecule has 1 aromatic heterocycles. The van der Waals surface area contributed by atoms with Crippen LogP contribution in [0.3, 0.4) is 0 Å². The number of hydrogen-bond acceptors (Lipinski definition) is 3. The fourth-order valence-corrected chi connectivity index (χ4v) is 1.72. The number of hydrazone groups is 1. The van der Waals surface area contributed by atoms with E-state index in [1.807, 2.05) is 31.2 Å². The van der Waals surface area contributed by atoms with Crippen molar-refractivity contribution < 1.29 is 4.79 Å². The van der Waals surface area contributed by atoms with Gasteiger partial charge in [-0.05, 0) is 43.3 Å². The van der Waals surface area contributed by atoms with Crippen molar-refractivity contribution in [3.8, 4) is 0 Å². The van der Waals surface area contributed by atoms with Crippen LogP contribution in [0.2, 0.25) is 0 Å². The third-order valence-electron chi connectivity index (χ3n) is 2.53. The van der Waals surface area contributed by atoms with Crippen molar-refractivity contribution in [3.63, 3.8) is 0 Å². The van der Waals surface area contributed by atoms with Crippen LogP contribution in [0.4, 0.5) is 0 Å². The van der Waals surface area contributed by atoms with Crippen LogP contribution < -0.4 is 5.43 Å². The second-order valence-electron chi connectivity index (χ2n) is 3.88. The van der Waals surface area contributed by atoms with Gasteiger partial charge in [0.2, 0.25) is 0 Å². The van der Waals surface area contributed by atoms with E-state index >= 15 is 0 Å². The molecule has 1 aromatic carbocycles. The van der Waals surface area contributed by atoms with E-state index in [0.29, 0.717) is 5.56 Å². The summed E-state index contributed by atoms with van der Waals surface area (Å²) in [6, 6.07) is 10.8. The number of nitrogens with zero attached hydrogens (tertiary/aromatic N) is 2. The molecule has 0 bridgehead atoms. The van der Waals surface area contributed by atoms with Crippen LogP contribution in [0.5, 0.6) is 0 Å². The number of carbonyl (C=O) groups is 1. The number of benzene rings is 1. The Balaban J connectivity index is 2.06. The third kappa shape index (κ3) is 3.72. The number of aromatic nitrogens is 1. The summed E-state index contributed by atoms with van der Waals surface area (Å²) in [6.07, 6.45) is 3.37. The molecule has 1 amide bonds. The maximum atomic E-state index is 11.8. The van der Waals surface area contributed by atoms with Crippen molar-refractivity contribution in [2.45, 2.75) is 6.92 Å². The predicted molar refractivity (Wildman–Crippen MR) is 78.1 cm³/mol. The summed E-state index contributed by atoms with van der Waals surface area (Å²) in [5, 5.41) is 4.07. The van der Waals surface area contributed by atoms with Gasteiger partial charge < -0.3 is 0 Å². The highest BCUT2D eigenvalue weighted by Gasteiger charge is 2.04. The first-order chi connectivity index (χ1) is 9.16. The molecule has 4 nitrogen and oxygen atoms in total. The number of pyridine rings is 1. The van der Waals surface area contributed by atoms with Crippen molar-refractivity contribution >= 4 is 27.5 Å². The molecule has 2 rings (SSSR count). The minimum absolute atomic E-state index is 0.235. The molecule has 0 aliphatic rings. The van der Waals surface area contributed by atoms with E-state index in [-0.39, 0.29) is 5.91 Å². The molecular formula is C14H12BrN3O. The molecule has 96 valence electrons. The van der Waals surface area contributed by atoms with Gasteiger partial charge in [0.15, 0.2) is 0 Å². The van der Waals surface area contributed by atoms with Crippen LogP contribution >= 0.6 is 15.9 Å². The number of halogens is 1. The highest BCUT2D eigenvalue weighted by atomic mass is 79.9. The molecule has 0 spiro atoms. The van der Waals surface area contributed by atoms with E-state index in [1.54, 1.807) is 24.5 Å². The van der Waals surface area contributed by atoms with Gasteiger partial charge in [-0.1, -0.05) is 15.9 Å². The molecule has 1 heterocycles. The maximum Gasteiger partial charge on any atom is 0.271 e. The minimum Gasteiger partial charge on any atom is -0.267 e. The van der Waals surface area contributed by atoms with E-state index in [4.69, 9.17) is 0 Å². The number of rotatable bonds is 3. The van der Waals surface area contributed by atoms with Crippen molar-refractivity contribution in [1.82, 2.24) is 10.4 Å². The zero-order valence-corrected chi connectivity index (χ0v) is 11.9. The third-order valence-corrected chi connectivity index (χ3v) is 3.06. The molecule has 5 heteroatoms. The Morgan fingerprint density at radius 2 is 1.74 bits per heavy atom. The molecule has 0 saturated carbocycles. The summed E-state index contributed by atoms with van der Waals surface area (Å²) >= 11 is 3.32. The summed E-state index contributed by atoms with van der Waals surface area (Å²) in [4.78, 5) is 15.8. The van der Waals surface area contributed by atoms with Gasteiger partial charge in [-0.15, -0.1) is 0 Å². The summed E-state index contributed by atoms with van der Waals surface area (Å²) in [7, 11) is 0. The number of nitrogens with one attached hydrogen (secondary N) is 1. The van der Waals surface area contributed by atoms with Crippen molar-refractivity contribution in [2.24, 2.45) is 5.10 Å². The normalized spacial score (nSPS) is 11.2. The van der Waals surface area contributed by atoms with Gasteiger partial charge >= 0.3 is 0 Å². The molecule has 0 aliphatic heterocycles. The van der Waals surface area contributed by atoms with Gasteiger partial charge in [0.25, 0.3) is 5.91 Å². The fraction of sp³-hybridized carbons (Fsp3) is 0.0714. The molecule has 0 atom stereocenters. The van der Waals surface area contributed by atoms with Crippen molar-refractivity contribution in [1.29, 1.82) is 0 Å². The molecule has 19 heavy (non-hydrogen) atoms. The number of carbonyl (C=O) groups excluding carboxylic acids is 1. The summed E-state index contributed by atoms with van der Waals surface area (Å²) in [6.45, 7) is 1.83. The Morgan fingerprint density at radius 3 is 2.37 bits per heavy atom. The van der Waals surface area contributed by atoms with E-state index in [2.05, 4.69) is 31.4 Å². The van der Waals surface area contributed by atoms with Crippen LogP contribution in [-0.4, -0.2) is 16.6 Å². The highest BCUT2D eigenvalue weighted by Crippen LogP contribution is 2.10. The molecule has 0 saturated heterocycles. The first-order valence-corrected chi connectivity index (χ1v) is 6.47.